The number of fused-ring (bicyclic) bond motifs is 3. The van der Waals surface area contributed by atoms with E-state index in [1.54, 1.807) is 0 Å². The summed E-state index contributed by atoms with van der Waals surface area (Å²) in [5, 5.41) is 16.7. The number of aromatic nitrogens is 4. The Morgan fingerprint density at radius 3 is 2.65 bits per heavy atom. The number of nitrogens with one attached hydrogen (secondary N) is 1. The Kier molecular flexibility index (Phi) is 3.98. The summed E-state index contributed by atoms with van der Waals surface area (Å²) < 4.78 is 2.34. The van der Waals surface area contributed by atoms with Gasteiger partial charge in [-0.2, -0.15) is 0 Å². The van der Waals surface area contributed by atoms with E-state index in [1.807, 2.05) is 0 Å². The molecule has 0 fully saturated rings. The van der Waals surface area contributed by atoms with Gasteiger partial charge in [-0.1, -0.05) is 6.07 Å². The molecule has 0 radical (unpaired) electrons. The summed E-state index contributed by atoms with van der Waals surface area (Å²) in [6, 6.07) is 4.03. The number of aromatic carboxylic acids is 1. The minimum absolute atomic E-state index is 0. The largest absolute Gasteiger partial charge is 1.00 e. The molecule has 3 aromatic rings. The molecule has 0 aliphatic carbocycles. The van der Waals surface area contributed by atoms with Gasteiger partial charge in [0.25, 0.3) is 5.56 Å². The number of carboxylic acid groups (broad SMARTS) is 1. The number of H-pyrrole nitrogens is 1. The summed E-state index contributed by atoms with van der Waals surface area (Å²) >= 11 is 0. The van der Waals surface area contributed by atoms with Crippen molar-refractivity contribution in [1.82, 2.24) is 19.2 Å². The predicted molar refractivity (Wildman–Crippen MR) is 62.9 cm³/mol. The molecule has 0 atom stereocenters. The Balaban J connectivity index is 0.00000147. The van der Waals surface area contributed by atoms with Crippen molar-refractivity contribution < 1.29 is 61.3 Å². The van der Waals surface area contributed by atoms with Crippen molar-refractivity contribution in [2.24, 2.45) is 7.05 Å². The molecule has 20 heavy (non-hydrogen) atoms. The summed E-state index contributed by atoms with van der Waals surface area (Å²) in [6.07, 6.45) is 0. The Morgan fingerprint density at radius 2 is 2.00 bits per heavy atom. The van der Waals surface area contributed by atoms with E-state index < -0.39 is 17.2 Å². The maximum Gasteiger partial charge on any atom is 1.00 e. The van der Waals surface area contributed by atoms with E-state index in [2.05, 4.69) is 10.2 Å². The molecule has 0 amide bonds. The summed E-state index contributed by atoms with van der Waals surface area (Å²) in [5.74, 6) is -1.36. The van der Waals surface area contributed by atoms with Crippen LogP contribution in [0.1, 0.15) is 10.4 Å². The second-order valence-corrected chi connectivity index (χ2v) is 4.04. The molecule has 0 spiro atoms. The van der Waals surface area contributed by atoms with E-state index in [9.17, 15) is 19.5 Å². The van der Waals surface area contributed by atoms with Gasteiger partial charge < -0.3 is 14.5 Å². The fourth-order valence-electron chi connectivity index (χ4n) is 2.04. The number of rotatable bonds is 1. The normalized spacial score (nSPS) is 10.7. The van der Waals surface area contributed by atoms with Gasteiger partial charge in [-0.05, 0) is 17.7 Å². The second-order valence-electron chi connectivity index (χ2n) is 4.04. The van der Waals surface area contributed by atoms with Crippen LogP contribution in [-0.2, 0) is 7.05 Å². The van der Waals surface area contributed by atoms with Gasteiger partial charge in [0.15, 0.2) is 0 Å². The van der Waals surface area contributed by atoms with E-state index in [-0.39, 0.29) is 68.1 Å². The van der Waals surface area contributed by atoms with Crippen molar-refractivity contribution >= 4 is 22.6 Å². The predicted octanol–water partition coefficient (Wildman–Crippen LogP) is -4.76. The van der Waals surface area contributed by atoms with Crippen LogP contribution in [-0.4, -0.2) is 25.1 Å². The molecule has 0 bridgehead atoms. The SMILES string of the molecule is Cn1c(=O)c2n[nH]c(=O)n2c2cc(C(=O)[O-])ccc21.[K+]. The average Bonchev–Trinajstić information content (AvgIpc) is 2.77. The molecule has 0 unspecified atom stereocenters. The van der Waals surface area contributed by atoms with Crippen LogP contribution in [0.4, 0.5) is 0 Å². The average molecular weight is 298 g/mol. The number of nitrogens with zero attached hydrogens (tertiary/aromatic N) is 3. The van der Waals surface area contributed by atoms with Crippen molar-refractivity contribution in [3.63, 3.8) is 0 Å². The molecule has 9 heteroatoms. The Labute approximate surface area is 153 Å². The summed E-state index contributed by atoms with van der Waals surface area (Å²) in [5.41, 5.74) is -0.528. The van der Waals surface area contributed by atoms with Crippen molar-refractivity contribution in [2.45, 2.75) is 0 Å². The fourth-order valence-corrected chi connectivity index (χ4v) is 2.04. The van der Waals surface area contributed by atoms with Crippen molar-refractivity contribution in [3.8, 4) is 0 Å². The third-order valence-corrected chi connectivity index (χ3v) is 2.98. The van der Waals surface area contributed by atoms with Crippen LogP contribution in [0.5, 0.6) is 0 Å². The Bertz CT molecular complexity index is 953. The molecule has 0 aliphatic heterocycles. The van der Waals surface area contributed by atoms with Crippen LogP contribution in [0.3, 0.4) is 0 Å². The molecule has 2 aromatic heterocycles. The first-order valence-corrected chi connectivity index (χ1v) is 5.32. The van der Waals surface area contributed by atoms with E-state index in [0.717, 1.165) is 4.40 Å². The van der Waals surface area contributed by atoms with Crippen LogP contribution in [0.25, 0.3) is 16.7 Å². The first-order chi connectivity index (χ1) is 9.00. The summed E-state index contributed by atoms with van der Waals surface area (Å²) in [4.78, 5) is 34.5. The second kappa shape index (κ2) is 5.26. The molecule has 8 nitrogen and oxygen atoms in total. The standard InChI is InChI=1S/C11H8N4O4.K/c1-14-6-3-2-5(10(17)18)4-7(6)15-8(9(14)16)12-13-11(15)19;/h2-4H,1H3,(H,13,19)(H,17,18);/q;+1/p-1. The summed E-state index contributed by atoms with van der Waals surface area (Å²) in [6.45, 7) is 0. The number of aromatic amines is 1. The van der Waals surface area contributed by atoms with E-state index in [1.165, 1.54) is 29.8 Å². The maximum atomic E-state index is 12.0. The van der Waals surface area contributed by atoms with E-state index in [4.69, 9.17) is 0 Å². The third kappa shape index (κ3) is 2.07. The molecule has 1 aromatic carbocycles. The van der Waals surface area contributed by atoms with Crippen LogP contribution in [0.2, 0.25) is 0 Å². The maximum absolute atomic E-state index is 12.0. The van der Waals surface area contributed by atoms with E-state index >= 15 is 0 Å². The minimum atomic E-state index is -1.36. The zero-order valence-electron chi connectivity index (χ0n) is 10.7. The number of aryl methyl sites for hydroxylation is 1. The smallest absolute Gasteiger partial charge is 0.545 e. The van der Waals surface area contributed by atoms with Crippen LogP contribution >= 0.6 is 0 Å². The van der Waals surface area contributed by atoms with Crippen LogP contribution in [0, 0.1) is 0 Å². The van der Waals surface area contributed by atoms with Gasteiger partial charge in [0.2, 0.25) is 5.65 Å². The molecular formula is C11H7KN4O4. The van der Waals surface area contributed by atoms with Crippen LogP contribution in [0.15, 0.2) is 27.8 Å². The minimum Gasteiger partial charge on any atom is -0.545 e. The zero-order valence-corrected chi connectivity index (χ0v) is 13.8. The number of hydrogen-bond donors (Lipinski definition) is 1. The van der Waals surface area contributed by atoms with Crippen molar-refractivity contribution in [3.05, 3.63) is 44.6 Å². The molecule has 3 rings (SSSR count). The first-order valence-electron chi connectivity index (χ1n) is 5.32. The quantitative estimate of drug-likeness (QED) is 0.453. The first kappa shape index (κ1) is 15.1. The third-order valence-electron chi connectivity index (χ3n) is 2.98. The molecule has 0 saturated carbocycles. The molecule has 2 heterocycles. The zero-order chi connectivity index (χ0) is 13.7. The number of carbonyl (C=O) groups excluding carboxylic acids is 1. The Hall–Kier alpha value is -1.26. The van der Waals surface area contributed by atoms with E-state index in [0.29, 0.717) is 5.52 Å². The number of carboxylic acids is 1. The molecule has 0 saturated heterocycles. The van der Waals surface area contributed by atoms with Crippen molar-refractivity contribution in [2.75, 3.05) is 0 Å². The topological polar surface area (TPSA) is 112 Å². The molecule has 96 valence electrons. The fraction of sp³-hybridized carbons (Fsp3) is 0.0909. The number of hydrogen-bond acceptors (Lipinski definition) is 5. The molecule has 0 aliphatic rings. The number of benzene rings is 1. The van der Waals surface area contributed by atoms with Gasteiger partial charge in [-0.25, -0.2) is 14.3 Å². The van der Waals surface area contributed by atoms with Gasteiger partial charge in [-0.3, -0.25) is 4.79 Å². The van der Waals surface area contributed by atoms with Gasteiger partial charge in [-0.15, -0.1) is 5.10 Å². The molecular weight excluding hydrogens is 291 g/mol. The summed E-state index contributed by atoms with van der Waals surface area (Å²) in [7, 11) is 1.52. The van der Waals surface area contributed by atoms with Gasteiger partial charge in [0.05, 0.1) is 17.0 Å². The van der Waals surface area contributed by atoms with Gasteiger partial charge in [0.1, 0.15) is 0 Å². The van der Waals surface area contributed by atoms with Crippen molar-refractivity contribution in [1.29, 1.82) is 0 Å². The van der Waals surface area contributed by atoms with Gasteiger partial charge >= 0.3 is 57.1 Å². The number of carbonyl (C=O) groups is 1. The monoisotopic (exact) mass is 298 g/mol. The molecule has 1 N–H and O–H groups in total. The van der Waals surface area contributed by atoms with Crippen LogP contribution < -0.4 is 67.7 Å². The van der Waals surface area contributed by atoms with Gasteiger partial charge in [0, 0.05) is 7.05 Å². The Morgan fingerprint density at radius 1 is 1.30 bits per heavy atom.